The molecule has 0 bridgehead atoms. The number of halogens is 1. The van der Waals surface area contributed by atoms with E-state index in [9.17, 15) is 4.79 Å². The number of aryl methyl sites for hydroxylation is 1. The first-order valence-corrected chi connectivity index (χ1v) is 8.79. The lowest BCUT2D eigenvalue weighted by molar-refractivity contribution is -0.116. The molecular formula is C20H20ClN3O2. The van der Waals surface area contributed by atoms with Crippen molar-refractivity contribution < 1.29 is 9.53 Å². The third kappa shape index (κ3) is 4.64. The van der Waals surface area contributed by atoms with Gasteiger partial charge in [0.25, 0.3) is 0 Å². The van der Waals surface area contributed by atoms with E-state index in [2.05, 4.69) is 10.3 Å². The van der Waals surface area contributed by atoms with Gasteiger partial charge in [-0.15, -0.1) is 0 Å². The molecule has 0 saturated carbocycles. The van der Waals surface area contributed by atoms with Crippen molar-refractivity contribution in [2.75, 3.05) is 13.2 Å². The second-order valence-corrected chi connectivity index (χ2v) is 6.22. The van der Waals surface area contributed by atoms with Crippen molar-refractivity contribution in [3.05, 3.63) is 71.1 Å². The van der Waals surface area contributed by atoms with Crippen LogP contribution in [0, 0.1) is 6.92 Å². The van der Waals surface area contributed by atoms with Crippen molar-refractivity contribution in [3.63, 3.8) is 0 Å². The molecule has 1 aromatic carbocycles. The number of aromatic nitrogens is 2. The summed E-state index contributed by atoms with van der Waals surface area (Å²) in [4.78, 5) is 16.2. The average molecular weight is 370 g/mol. The largest absolute Gasteiger partial charge is 0.494 e. The summed E-state index contributed by atoms with van der Waals surface area (Å²) >= 11 is 6.13. The van der Waals surface area contributed by atoms with Crippen LogP contribution in [0.25, 0.3) is 11.7 Å². The first kappa shape index (κ1) is 18.0. The molecule has 134 valence electrons. The molecule has 0 fully saturated rings. The molecule has 26 heavy (non-hydrogen) atoms. The van der Waals surface area contributed by atoms with Crippen LogP contribution in [0.15, 0.2) is 54.7 Å². The molecule has 0 radical (unpaired) electrons. The van der Waals surface area contributed by atoms with Crippen molar-refractivity contribution in [1.29, 1.82) is 0 Å². The molecule has 0 unspecified atom stereocenters. The van der Waals surface area contributed by atoms with E-state index in [1.54, 1.807) is 6.08 Å². The predicted molar refractivity (Wildman–Crippen MR) is 104 cm³/mol. The summed E-state index contributed by atoms with van der Waals surface area (Å²) in [6, 6.07) is 13.5. The van der Waals surface area contributed by atoms with Crippen LogP contribution in [-0.2, 0) is 4.79 Å². The molecule has 5 nitrogen and oxygen atoms in total. The highest BCUT2D eigenvalue weighted by Gasteiger charge is 2.07. The van der Waals surface area contributed by atoms with E-state index in [1.807, 2.05) is 60.0 Å². The minimum atomic E-state index is -0.178. The first-order valence-electron chi connectivity index (χ1n) is 8.41. The molecule has 1 amide bonds. The number of ether oxygens (including phenoxy) is 1. The van der Waals surface area contributed by atoms with Crippen molar-refractivity contribution in [1.82, 2.24) is 14.7 Å². The van der Waals surface area contributed by atoms with Crippen LogP contribution >= 0.6 is 11.6 Å². The van der Waals surface area contributed by atoms with Gasteiger partial charge in [-0.3, -0.25) is 9.20 Å². The van der Waals surface area contributed by atoms with Crippen LogP contribution < -0.4 is 10.1 Å². The SMILES string of the molecule is Cc1cccc(OCCCNC(=O)/C=C/c2c(Cl)nc3ccccn23)c1. The summed E-state index contributed by atoms with van der Waals surface area (Å²) in [5.41, 5.74) is 2.58. The fourth-order valence-corrected chi connectivity index (χ4v) is 2.77. The molecule has 0 saturated heterocycles. The van der Waals surface area contributed by atoms with Crippen LogP contribution in [0.2, 0.25) is 5.15 Å². The van der Waals surface area contributed by atoms with Gasteiger partial charge in [0.1, 0.15) is 11.4 Å². The lowest BCUT2D eigenvalue weighted by Crippen LogP contribution is -2.23. The van der Waals surface area contributed by atoms with E-state index < -0.39 is 0 Å². The molecule has 0 aliphatic carbocycles. The maximum atomic E-state index is 12.0. The maximum absolute atomic E-state index is 12.0. The fraction of sp³-hybridized carbons (Fsp3) is 0.200. The summed E-state index contributed by atoms with van der Waals surface area (Å²) in [5.74, 6) is 0.668. The number of amides is 1. The number of nitrogens with one attached hydrogen (secondary N) is 1. The normalized spacial score (nSPS) is 11.2. The molecule has 0 aliphatic heterocycles. The molecule has 0 atom stereocenters. The molecule has 3 aromatic rings. The van der Waals surface area contributed by atoms with Gasteiger partial charge in [-0.1, -0.05) is 29.8 Å². The highest BCUT2D eigenvalue weighted by Crippen LogP contribution is 2.18. The Morgan fingerprint density at radius 2 is 2.19 bits per heavy atom. The van der Waals surface area contributed by atoms with E-state index in [4.69, 9.17) is 16.3 Å². The Labute approximate surface area is 157 Å². The highest BCUT2D eigenvalue weighted by molar-refractivity contribution is 6.31. The molecular weight excluding hydrogens is 350 g/mol. The molecule has 0 spiro atoms. The summed E-state index contributed by atoms with van der Waals surface area (Å²) in [5, 5.41) is 3.20. The Balaban J connectivity index is 1.45. The lowest BCUT2D eigenvalue weighted by Gasteiger charge is -2.07. The van der Waals surface area contributed by atoms with Gasteiger partial charge in [-0.25, -0.2) is 4.98 Å². The van der Waals surface area contributed by atoms with E-state index in [-0.39, 0.29) is 5.91 Å². The summed E-state index contributed by atoms with van der Waals surface area (Å²) in [7, 11) is 0. The zero-order chi connectivity index (χ0) is 18.4. The summed E-state index contributed by atoms with van der Waals surface area (Å²) < 4.78 is 7.49. The molecule has 3 rings (SSSR count). The van der Waals surface area contributed by atoms with Gasteiger partial charge in [-0.2, -0.15) is 0 Å². The standard InChI is InChI=1S/C20H20ClN3O2/c1-15-6-4-7-16(14-15)26-13-5-11-22-19(25)10-9-17-20(21)23-18-8-2-3-12-24(17)18/h2-4,6-10,12,14H,5,11,13H2,1H3,(H,22,25)/b10-9+. The molecule has 0 aliphatic rings. The van der Waals surface area contributed by atoms with E-state index in [1.165, 1.54) is 6.08 Å². The minimum absolute atomic E-state index is 0.178. The number of carbonyl (C=O) groups is 1. The van der Waals surface area contributed by atoms with Crippen LogP contribution in [0.3, 0.4) is 0 Å². The Hall–Kier alpha value is -2.79. The van der Waals surface area contributed by atoms with Crippen LogP contribution in [0.4, 0.5) is 0 Å². The number of fused-ring (bicyclic) bond motifs is 1. The second kappa shape index (κ2) is 8.54. The van der Waals surface area contributed by atoms with Crippen molar-refractivity contribution in [3.8, 4) is 5.75 Å². The monoisotopic (exact) mass is 369 g/mol. The number of imidazole rings is 1. The number of nitrogens with zero attached hydrogens (tertiary/aromatic N) is 2. The maximum Gasteiger partial charge on any atom is 0.244 e. The van der Waals surface area contributed by atoms with Gasteiger partial charge in [0.2, 0.25) is 5.91 Å². The number of hydrogen-bond acceptors (Lipinski definition) is 3. The van der Waals surface area contributed by atoms with Gasteiger partial charge < -0.3 is 10.1 Å². The smallest absolute Gasteiger partial charge is 0.244 e. The van der Waals surface area contributed by atoms with Crippen molar-refractivity contribution in [2.45, 2.75) is 13.3 Å². The average Bonchev–Trinajstić information content (AvgIpc) is 2.95. The van der Waals surface area contributed by atoms with Gasteiger partial charge in [-0.05, 0) is 49.2 Å². The zero-order valence-corrected chi connectivity index (χ0v) is 15.2. The molecule has 6 heteroatoms. The van der Waals surface area contributed by atoms with Gasteiger partial charge in [0.05, 0.1) is 12.3 Å². The summed E-state index contributed by atoms with van der Waals surface area (Å²) in [6.45, 7) is 3.11. The van der Waals surface area contributed by atoms with Gasteiger partial charge in [0, 0.05) is 18.8 Å². The summed E-state index contributed by atoms with van der Waals surface area (Å²) in [6.07, 6.45) is 5.71. The van der Waals surface area contributed by atoms with E-state index in [0.717, 1.165) is 23.4 Å². The molecule has 2 heterocycles. The highest BCUT2D eigenvalue weighted by atomic mass is 35.5. The topological polar surface area (TPSA) is 55.6 Å². The predicted octanol–water partition coefficient (Wildman–Crippen LogP) is 3.89. The second-order valence-electron chi connectivity index (χ2n) is 5.86. The molecule has 2 aromatic heterocycles. The molecule has 1 N–H and O–H groups in total. The zero-order valence-electron chi connectivity index (χ0n) is 14.5. The van der Waals surface area contributed by atoms with Crippen LogP contribution in [-0.4, -0.2) is 28.4 Å². The van der Waals surface area contributed by atoms with Gasteiger partial charge >= 0.3 is 0 Å². The minimum Gasteiger partial charge on any atom is -0.494 e. The number of hydrogen-bond donors (Lipinski definition) is 1. The quantitative estimate of drug-likeness (QED) is 0.507. The number of carbonyl (C=O) groups excluding carboxylic acids is 1. The fourth-order valence-electron chi connectivity index (χ4n) is 2.53. The number of rotatable bonds is 7. The third-order valence-corrected chi connectivity index (χ3v) is 4.07. The Bertz CT molecular complexity index is 934. The lowest BCUT2D eigenvalue weighted by atomic mass is 10.2. The Morgan fingerprint density at radius 1 is 1.31 bits per heavy atom. The third-order valence-electron chi connectivity index (χ3n) is 3.79. The van der Waals surface area contributed by atoms with Crippen molar-refractivity contribution in [2.24, 2.45) is 0 Å². The van der Waals surface area contributed by atoms with Crippen LogP contribution in [0.5, 0.6) is 5.75 Å². The van der Waals surface area contributed by atoms with E-state index in [0.29, 0.717) is 24.0 Å². The Morgan fingerprint density at radius 3 is 3.04 bits per heavy atom. The van der Waals surface area contributed by atoms with Crippen molar-refractivity contribution >= 4 is 29.2 Å². The number of benzene rings is 1. The Kier molecular flexibility index (Phi) is 5.92. The first-order chi connectivity index (χ1) is 12.6. The number of pyridine rings is 1. The van der Waals surface area contributed by atoms with E-state index >= 15 is 0 Å². The van der Waals surface area contributed by atoms with Crippen LogP contribution in [0.1, 0.15) is 17.7 Å². The van der Waals surface area contributed by atoms with Gasteiger partial charge in [0.15, 0.2) is 5.15 Å².